The van der Waals surface area contributed by atoms with Crippen LogP contribution in [0, 0.1) is 16.7 Å². The summed E-state index contributed by atoms with van der Waals surface area (Å²) in [5.41, 5.74) is 0.488. The summed E-state index contributed by atoms with van der Waals surface area (Å²) in [4.78, 5) is 0.222. The smallest absolute Gasteiger partial charge is 0.207 e. The Balaban J connectivity index is 2.30. The van der Waals surface area contributed by atoms with Crippen molar-refractivity contribution in [1.29, 1.82) is 5.26 Å². The fraction of sp³-hybridized carbons (Fsp3) is 0.533. The highest BCUT2D eigenvalue weighted by molar-refractivity contribution is 7.89. The molecule has 20 heavy (non-hydrogen) atoms. The average molecular weight is 292 g/mol. The van der Waals surface area contributed by atoms with Crippen LogP contribution in [0.5, 0.6) is 0 Å². The topological polar surface area (TPSA) is 61.2 Å². The van der Waals surface area contributed by atoms with Crippen LogP contribution in [-0.2, 0) is 10.0 Å². The highest BCUT2D eigenvalue weighted by Crippen LogP contribution is 2.39. The van der Waals surface area contributed by atoms with Crippen LogP contribution in [0.15, 0.2) is 29.2 Å². The highest BCUT2D eigenvalue weighted by atomic mass is 32.2. The molecule has 0 N–H and O–H groups in total. The SMILES string of the molecule is CCC1(CC)CCN(S(=O)(=O)c2cccc(C#N)c2)C1. The van der Waals surface area contributed by atoms with Crippen LogP contribution in [0.1, 0.15) is 38.7 Å². The van der Waals surface area contributed by atoms with Crippen molar-refractivity contribution in [1.82, 2.24) is 4.31 Å². The largest absolute Gasteiger partial charge is 0.243 e. The number of rotatable bonds is 4. The number of sulfonamides is 1. The van der Waals surface area contributed by atoms with Crippen molar-refractivity contribution < 1.29 is 8.42 Å². The third-order valence-corrected chi connectivity index (χ3v) is 6.35. The van der Waals surface area contributed by atoms with E-state index in [0.29, 0.717) is 18.7 Å². The van der Waals surface area contributed by atoms with Crippen molar-refractivity contribution in [3.8, 4) is 6.07 Å². The maximum atomic E-state index is 12.6. The summed E-state index contributed by atoms with van der Waals surface area (Å²) in [5, 5.41) is 8.89. The van der Waals surface area contributed by atoms with E-state index in [9.17, 15) is 8.42 Å². The van der Waals surface area contributed by atoms with E-state index >= 15 is 0 Å². The van der Waals surface area contributed by atoms with Crippen molar-refractivity contribution in [2.24, 2.45) is 5.41 Å². The first-order valence-corrected chi connectivity index (χ1v) is 8.42. The molecule has 0 atom stereocenters. The normalized spacial score (nSPS) is 18.9. The molecule has 1 fully saturated rings. The van der Waals surface area contributed by atoms with E-state index in [-0.39, 0.29) is 10.3 Å². The van der Waals surface area contributed by atoms with E-state index in [2.05, 4.69) is 13.8 Å². The lowest BCUT2D eigenvalue weighted by atomic mass is 9.82. The monoisotopic (exact) mass is 292 g/mol. The van der Waals surface area contributed by atoms with E-state index in [1.165, 1.54) is 6.07 Å². The molecule has 1 aliphatic rings. The number of nitriles is 1. The van der Waals surface area contributed by atoms with Crippen LogP contribution < -0.4 is 0 Å². The second-order valence-electron chi connectivity index (χ2n) is 5.44. The van der Waals surface area contributed by atoms with E-state index < -0.39 is 10.0 Å². The van der Waals surface area contributed by atoms with Gasteiger partial charge in [0.25, 0.3) is 0 Å². The zero-order valence-electron chi connectivity index (χ0n) is 12.0. The van der Waals surface area contributed by atoms with Gasteiger partial charge in [0.15, 0.2) is 0 Å². The van der Waals surface area contributed by atoms with Gasteiger partial charge in [-0.3, -0.25) is 0 Å². The van der Waals surface area contributed by atoms with Gasteiger partial charge in [0, 0.05) is 13.1 Å². The minimum atomic E-state index is -3.48. The fourth-order valence-corrected chi connectivity index (χ4v) is 4.40. The summed E-state index contributed by atoms with van der Waals surface area (Å²) in [6.45, 7) is 5.39. The Kier molecular flexibility index (Phi) is 4.17. The molecule has 5 heteroatoms. The molecule has 1 heterocycles. The van der Waals surface area contributed by atoms with Gasteiger partial charge in [-0.05, 0) is 42.9 Å². The Morgan fingerprint density at radius 2 is 2.05 bits per heavy atom. The lowest BCUT2D eigenvalue weighted by molar-refractivity contribution is 0.279. The molecule has 0 unspecified atom stereocenters. The number of hydrogen-bond acceptors (Lipinski definition) is 3. The first-order valence-electron chi connectivity index (χ1n) is 6.98. The average Bonchev–Trinajstić information content (AvgIpc) is 2.93. The molecular weight excluding hydrogens is 272 g/mol. The summed E-state index contributed by atoms with van der Waals surface area (Å²) in [6, 6.07) is 8.24. The van der Waals surface area contributed by atoms with Crippen LogP contribution in [0.4, 0.5) is 0 Å². The van der Waals surface area contributed by atoms with Crippen LogP contribution >= 0.6 is 0 Å². The van der Waals surface area contributed by atoms with E-state index in [4.69, 9.17) is 5.26 Å². The Hall–Kier alpha value is -1.38. The van der Waals surface area contributed by atoms with Crippen molar-refractivity contribution in [3.05, 3.63) is 29.8 Å². The van der Waals surface area contributed by atoms with E-state index in [0.717, 1.165) is 19.3 Å². The molecule has 0 bridgehead atoms. The van der Waals surface area contributed by atoms with Crippen molar-refractivity contribution in [2.75, 3.05) is 13.1 Å². The van der Waals surface area contributed by atoms with Crippen LogP contribution in [0.3, 0.4) is 0 Å². The van der Waals surface area contributed by atoms with Gasteiger partial charge < -0.3 is 0 Å². The second-order valence-corrected chi connectivity index (χ2v) is 7.37. The maximum absolute atomic E-state index is 12.6. The molecule has 0 aromatic heterocycles. The zero-order chi connectivity index (χ0) is 14.8. The second kappa shape index (κ2) is 5.55. The van der Waals surface area contributed by atoms with Gasteiger partial charge in [0.1, 0.15) is 0 Å². The first kappa shape index (κ1) is 15.0. The molecule has 4 nitrogen and oxygen atoms in total. The number of nitrogens with zero attached hydrogens (tertiary/aromatic N) is 2. The Morgan fingerprint density at radius 3 is 2.60 bits per heavy atom. The third-order valence-electron chi connectivity index (χ3n) is 4.50. The molecule has 1 saturated heterocycles. The Bertz CT molecular complexity index is 628. The minimum Gasteiger partial charge on any atom is -0.207 e. The summed E-state index contributed by atoms with van der Waals surface area (Å²) in [7, 11) is -3.48. The van der Waals surface area contributed by atoms with Crippen molar-refractivity contribution in [3.63, 3.8) is 0 Å². The molecule has 2 rings (SSSR count). The van der Waals surface area contributed by atoms with E-state index in [1.807, 2.05) is 6.07 Å². The van der Waals surface area contributed by atoms with Crippen LogP contribution in [-0.4, -0.2) is 25.8 Å². The number of hydrogen-bond donors (Lipinski definition) is 0. The standard InChI is InChI=1S/C15H20N2O2S/c1-3-15(4-2)8-9-17(12-15)20(18,19)14-7-5-6-13(10-14)11-16/h5-7,10H,3-4,8-9,12H2,1-2H3. The summed E-state index contributed by atoms with van der Waals surface area (Å²) >= 11 is 0. The van der Waals surface area contributed by atoms with Gasteiger partial charge in [-0.1, -0.05) is 19.9 Å². The predicted octanol–water partition coefficient (Wildman–Crippen LogP) is 2.76. The Morgan fingerprint density at radius 1 is 1.35 bits per heavy atom. The lowest BCUT2D eigenvalue weighted by Gasteiger charge is -2.26. The van der Waals surface area contributed by atoms with Crippen LogP contribution in [0.2, 0.25) is 0 Å². The molecule has 0 spiro atoms. The highest BCUT2D eigenvalue weighted by Gasteiger charge is 2.40. The first-order chi connectivity index (χ1) is 9.47. The molecule has 0 radical (unpaired) electrons. The molecule has 0 saturated carbocycles. The fourth-order valence-electron chi connectivity index (χ4n) is 2.80. The minimum absolute atomic E-state index is 0.111. The van der Waals surface area contributed by atoms with Crippen molar-refractivity contribution in [2.45, 2.75) is 38.0 Å². The van der Waals surface area contributed by atoms with Gasteiger partial charge in [0.05, 0.1) is 16.5 Å². The molecule has 1 aliphatic heterocycles. The van der Waals surface area contributed by atoms with Gasteiger partial charge in [-0.25, -0.2) is 8.42 Å². The quantitative estimate of drug-likeness (QED) is 0.857. The number of benzene rings is 1. The molecule has 108 valence electrons. The van der Waals surface area contributed by atoms with Gasteiger partial charge >= 0.3 is 0 Å². The summed E-state index contributed by atoms with van der Waals surface area (Å²) in [6.07, 6.45) is 2.90. The van der Waals surface area contributed by atoms with Gasteiger partial charge in [0.2, 0.25) is 10.0 Å². The molecule has 1 aromatic carbocycles. The predicted molar refractivity (Wildman–Crippen MR) is 77.5 cm³/mol. The Labute approximate surface area is 121 Å². The summed E-state index contributed by atoms with van der Waals surface area (Å²) < 4.78 is 26.8. The summed E-state index contributed by atoms with van der Waals surface area (Å²) in [5.74, 6) is 0. The van der Waals surface area contributed by atoms with E-state index in [1.54, 1.807) is 22.5 Å². The molecule has 0 aliphatic carbocycles. The lowest BCUT2D eigenvalue weighted by Crippen LogP contribution is -2.31. The van der Waals surface area contributed by atoms with Crippen molar-refractivity contribution >= 4 is 10.0 Å². The van der Waals surface area contributed by atoms with Gasteiger partial charge in [-0.2, -0.15) is 9.57 Å². The maximum Gasteiger partial charge on any atom is 0.243 e. The zero-order valence-corrected chi connectivity index (χ0v) is 12.8. The molecular formula is C15H20N2O2S. The van der Waals surface area contributed by atoms with Crippen LogP contribution in [0.25, 0.3) is 0 Å². The molecule has 1 aromatic rings. The van der Waals surface area contributed by atoms with Gasteiger partial charge in [-0.15, -0.1) is 0 Å². The molecule has 0 amide bonds. The third kappa shape index (κ3) is 2.58.